The first-order chi connectivity index (χ1) is 13.4. The van der Waals surface area contributed by atoms with Crippen LogP contribution in [0, 0.1) is 5.92 Å². The third-order valence-corrected chi connectivity index (χ3v) is 5.71. The van der Waals surface area contributed by atoms with Crippen LogP contribution in [0.5, 0.6) is 0 Å². The van der Waals surface area contributed by atoms with Crippen molar-refractivity contribution in [2.24, 2.45) is 5.92 Å². The highest BCUT2D eigenvalue weighted by Crippen LogP contribution is 2.44. The molecule has 27 heavy (non-hydrogen) atoms. The molecule has 130 valence electrons. The zero-order valence-corrected chi connectivity index (χ0v) is 15.3. The third kappa shape index (κ3) is 2.88. The highest BCUT2D eigenvalue weighted by Gasteiger charge is 2.27. The second kappa shape index (κ2) is 6.89. The molecule has 0 saturated carbocycles. The summed E-state index contributed by atoms with van der Waals surface area (Å²) in [6.07, 6.45) is 18.2. The summed E-state index contributed by atoms with van der Waals surface area (Å²) in [4.78, 5) is 0. The maximum atomic E-state index is 2.37. The van der Waals surface area contributed by atoms with Crippen molar-refractivity contribution in [2.75, 3.05) is 0 Å². The molecule has 1 unspecified atom stereocenters. The van der Waals surface area contributed by atoms with Crippen LogP contribution in [0.25, 0.3) is 11.1 Å². The van der Waals surface area contributed by atoms with Gasteiger partial charge in [-0.2, -0.15) is 0 Å². The lowest BCUT2D eigenvalue weighted by atomic mass is 9.83. The predicted molar refractivity (Wildman–Crippen MR) is 115 cm³/mol. The van der Waals surface area contributed by atoms with E-state index in [9.17, 15) is 0 Å². The molecule has 0 nitrogen and oxygen atoms in total. The first kappa shape index (κ1) is 16.1. The summed E-state index contributed by atoms with van der Waals surface area (Å²) in [5.74, 6) is 0.379. The maximum Gasteiger partial charge on any atom is 0.0246 e. The van der Waals surface area contributed by atoms with Gasteiger partial charge in [0.1, 0.15) is 0 Å². The van der Waals surface area contributed by atoms with Crippen LogP contribution >= 0.6 is 0 Å². The van der Waals surface area contributed by atoms with E-state index in [0.29, 0.717) is 5.92 Å². The number of allylic oxidation sites excluding steroid dienone is 12. The van der Waals surface area contributed by atoms with Gasteiger partial charge >= 0.3 is 0 Å². The lowest BCUT2D eigenvalue weighted by Gasteiger charge is -2.21. The lowest BCUT2D eigenvalue weighted by Crippen LogP contribution is -2.06. The Bertz CT molecular complexity index is 1040. The second-order valence-electron chi connectivity index (χ2n) is 7.26. The minimum Gasteiger partial charge on any atom is -0.0798 e. The molecule has 0 N–H and O–H groups in total. The van der Waals surface area contributed by atoms with Gasteiger partial charge in [-0.05, 0) is 51.8 Å². The molecule has 5 rings (SSSR count). The van der Waals surface area contributed by atoms with Crippen LogP contribution in [0.15, 0.2) is 120 Å². The van der Waals surface area contributed by atoms with Gasteiger partial charge < -0.3 is 0 Å². The van der Waals surface area contributed by atoms with Crippen molar-refractivity contribution in [3.05, 3.63) is 131 Å². The Hall–Kier alpha value is -3.12. The van der Waals surface area contributed by atoms with Crippen LogP contribution in [-0.2, 0) is 0 Å². The molecule has 0 saturated heterocycles. The molecule has 2 aromatic rings. The molecule has 0 bridgehead atoms. The highest BCUT2D eigenvalue weighted by molar-refractivity contribution is 5.85. The third-order valence-electron chi connectivity index (χ3n) is 5.71. The van der Waals surface area contributed by atoms with Crippen molar-refractivity contribution in [1.82, 2.24) is 0 Å². The molecule has 0 amide bonds. The summed E-state index contributed by atoms with van der Waals surface area (Å²) in [5, 5.41) is 0. The molecular formula is C27H22. The number of rotatable bonds is 4. The van der Waals surface area contributed by atoms with Crippen LogP contribution in [0.3, 0.4) is 0 Å². The van der Waals surface area contributed by atoms with E-state index in [4.69, 9.17) is 0 Å². The zero-order valence-electron chi connectivity index (χ0n) is 15.3. The average molecular weight is 346 g/mol. The Morgan fingerprint density at radius 2 is 1.30 bits per heavy atom. The largest absolute Gasteiger partial charge is 0.0798 e. The number of hydrogen-bond donors (Lipinski definition) is 0. The van der Waals surface area contributed by atoms with Crippen molar-refractivity contribution in [3.8, 4) is 0 Å². The predicted octanol–water partition coefficient (Wildman–Crippen LogP) is 6.93. The van der Waals surface area contributed by atoms with Crippen molar-refractivity contribution in [2.45, 2.75) is 12.8 Å². The van der Waals surface area contributed by atoms with E-state index in [1.807, 2.05) is 0 Å². The van der Waals surface area contributed by atoms with E-state index in [-0.39, 0.29) is 0 Å². The van der Waals surface area contributed by atoms with E-state index in [1.165, 1.54) is 39.0 Å². The monoisotopic (exact) mass is 346 g/mol. The fraction of sp³-hybridized carbons (Fsp3) is 0.111. The standard InChI is InChI=1S/C27H22/c1-3-10-20(11-4-1)22-14-7-16-24(22)26-18-9-19-27(26)25-17-8-15-23(25)21-12-5-2-6-13-21/h1-15,18-19,26H,16-17H2. The minimum atomic E-state index is 0.379. The molecule has 0 fully saturated rings. The van der Waals surface area contributed by atoms with Gasteiger partial charge in [0.05, 0.1) is 0 Å². The first-order valence-corrected chi connectivity index (χ1v) is 9.71. The Labute approximate surface area is 161 Å². The Kier molecular flexibility index (Phi) is 4.10. The summed E-state index contributed by atoms with van der Waals surface area (Å²) in [6.45, 7) is 0. The van der Waals surface area contributed by atoms with Crippen LogP contribution in [0.4, 0.5) is 0 Å². The topological polar surface area (TPSA) is 0 Å². The van der Waals surface area contributed by atoms with E-state index < -0.39 is 0 Å². The van der Waals surface area contributed by atoms with Crippen LogP contribution < -0.4 is 0 Å². The fourth-order valence-electron chi connectivity index (χ4n) is 4.45. The summed E-state index contributed by atoms with van der Waals surface area (Å²) in [5.41, 5.74) is 9.87. The van der Waals surface area contributed by atoms with Crippen molar-refractivity contribution in [3.63, 3.8) is 0 Å². The molecular weight excluding hydrogens is 324 g/mol. The average Bonchev–Trinajstić information content (AvgIpc) is 3.48. The Balaban J connectivity index is 1.56. The van der Waals surface area contributed by atoms with E-state index in [1.54, 1.807) is 0 Å². The van der Waals surface area contributed by atoms with Crippen LogP contribution in [0.1, 0.15) is 24.0 Å². The van der Waals surface area contributed by atoms with Crippen LogP contribution in [0.2, 0.25) is 0 Å². The molecule has 3 aliphatic rings. The molecule has 3 aliphatic carbocycles. The molecule has 0 aliphatic heterocycles. The molecule has 0 spiro atoms. The molecule has 1 atom stereocenters. The molecule has 0 aromatic heterocycles. The molecule has 0 heteroatoms. The second-order valence-corrected chi connectivity index (χ2v) is 7.26. The summed E-state index contributed by atoms with van der Waals surface area (Å²) < 4.78 is 0. The zero-order chi connectivity index (χ0) is 18.1. The smallest absolute Gasteiger partial charge is 0.0246 e. The SMILES string of the molecule is C1=CC(C2=C(c3ccccc3)C=CC2)C(C2=C(c3ccccc3)C=CC2)=C1. The van der Waals surface area contributed by atoms with Gasteiger partial charge in [0.2, 0.25) is 0 Å². The summed E-state index contributed by atoms with van der Waals surface area (Å²) in [6, 6.07) is 21.6. The van der Waals surface area contributed by atoms with Crippen LogP contribution in [-0.4, -0.2) is 0 Å². The van der Waals surface area contributed by atoms with Crippen molar-refractivity contribution < 1.29 is 0 Å². The quantitative estimate of drug-likeness (QED) is 0.563. The van der Waals surface area contributed by atoms with E-state index >= 15 is 0 Å². The van der Waals surface area contributed by atoms with E-state index in [2.05, 4.69) is 103 Å². The van der Waals surface area contributed by atoms with Gasteiger partial charge in [-0.25, -0.2) is 0 Å². The minimum absolute atomic E-state index is 0.379. The van der Waals surface area contributed by atoms with Crippen molar-refractivity contribution in [1.29, 1.82) is 0 Å². The van der Waals surface area contributed by atoms with Gasteiger partial charge in [0.25, 0.3) is 0 Å². The van der Waals surface area contributed by atoms with Gasteiger partial charge in [-0.15, -0.1) is 0 Å². The fourth-order valence-corrected chi connectivity index (χ4v) is 4.45. The van der Waals surface area contributed by atoms with Gasteiger partial charge in [0.15, 0.2) is 0 Å². The van der Waals surface area contributed by atoms with E-state index in [0.717, 1.165) is 12.8 Å². The Morgan fingerprint density at radius 1 is 0.667 bits per heavy atom. The summed E-state index contributed by atoms with van der Waals surface area (Å²) in [7, 11) is 0. The lowest BCUT2D eigenvalue weighted by molar-refractivity contribution is 0.889. The normalized spacial score (nSPS) is 20.9. The van der Waals surface area contributed by atoms with Gasteiger partial charge in [-0.3, -0.25) is 0 Å². The number of benzene rings is 2. The molecule has 0 radical (unpaired) electrons. The molecule has 0 heterocycles. The highest BCUT2D eigenvalue weighted by atomic mass is 14.3. The molecule has 2 aromatic carbocycles. The summed E-state index contributed by atoms with van der Waals surface area (Å²) >= 11 is 0. The first-order valence-electron chi connectivity index (χ1n) is 9.71. The van der Waals surface area contributed by atoms with Gasteiger partial charge in [0, 0.05) is 5.92 Å². The Morgan fingerprint density at radius 3 is 2.04 bits per heavy atom. The maximum absolute atomic E-state index is 2.37. The van der Waals surface area contributed by atoms with Crippen molar-refractivity contribution >= 4 is 11.1 Å². The van der Waals surface area contributed by atoms with Gasteiger partial charge in [-0.1, -0.05) is 103 Å². The number of hydrogen-bond acceptors (Lipinski definition) is 0.